The lowest BCUT2D eigenvalue weighted by molar-refractivity contribution is -0.119. The molecule has 1 unspecified atom stereocenters. The number of hydrogen-bond acceptors (Lipinski definition) is 3. The topological polar surface area (TPSA) is 54.3 Å². The van der Waals surface area contributed by atoms with Gasteiger partial charge in [0.1, 0.15) is 11.5 Å². The van der Waals surface area contributed by atoms with Crippen LogP contribution in [0.2, 0.25) is 0 Å². The molecular weight excluding hydrogens is 276 g/mol. The van der Waals surface area contributed by atoms with Crippen molar-refractivity contribution in [3.63, 3.8) is 0 Å². The second kappa shape index (κ2) is 7.80. The smallest absolute Gasteiger partial charge is 0.227 e. The summed E-state index contributed by atoms with van der Waals surface area (Å²) in [6, 6.07) is 11.9. The minimum atomic E-state index is 0.0315. The Kier molecular flexibility index (Phi) is 5.78. The fourth-order valence-electron chi connectivity index (χ4n) is 2.12. The van der Waals surface area contributed by atoms with E-state index in [-0.39, 0.29) is 11.8 Å². The van der Waals surface area contributed by atoms with Crippen molar-refractivity contribution in [3.8, 4) is 0 Å². The quantitative estimate of drug-likeness (QED) is 0.816. The van der Waals surface area contributed by atoms with Gasteiger partial charge in [0.25, 0.3) is 0 Å². The number of anilines is 1. The first-order chi connectivity index (χ1) is 10.6. The summed E-state index contributed by atoms with van der Waals surface area (Å²) in [5.74, 6) is 1.95. The zero-order valence-electron chi connectivity index (χ0n) is 13.5. The van der Waals surface area contributed by atoms with E-state index < -0.39 is 0 Å². The second-order valence-electron chi connectivity index (χ2n) is 5.61. The number of carbonyl (C=O) groups is 1. The van der Waals surface area contributed by atoms with Gasteiger partial charge in [-0.25, -0.2) is 0 Å². The van der Waals surface area contributed by atoms with Gasteiger partial charge in [0.2, 0.25) is 5.91 Å². The average molecular weight is 300 g/mol. The van der Waals surface area contributed by atoms with Crippen LogP contribution in [-0.4, -0.2) is 5.91 Å². The molecule has 2 rings (SSSR count). The van der Waals surface area contributed by atoms with Gasteiger partial charge >= 0.3 is 0 Å². The molecule has 0 radical (unpaired) electrons. The molecule has 1 aromatic heterocycles. The molecule has 0 aliphatic rings. The summed E-state index contributed by atoms with van der Waals surface area (Å²) in [6.45, 7) is 7.31. The van der Waals surface area contributed by atoms with Crippen molar-refractivity contribution >= 4 is 11.6 Å². The van der Waals surface area contributed by atoms with E-state index >= 15 is 0 Å². The largest absolute Gasteiger partial charge is 0.465 e. The Labute approximate surface area is 131 Å². The van der Waals surface area contributed by atoms with Crippen molar-refractivity contribution in [2.75, 3.05) is 5.32 Å². The number of carbonyl (C=O) groups excluding carboxylic acids is 1. The van der Waals surface area contributed by atoms with Gasteiger partial charge in [0, 0.05) is 18.2 Å². The monoisotopic (exact) mass is 300 g/mol. The third kappa shape index (κ3) is 4.74. The first-order valence-corrected chi connectivity index (χ1v) is 7.74. The third-order valence-corrected chi connectivity index (χ3v) is 3.68. The summed E-state index contributed by atoms with van der Waals surface area (Å²) in [5.41, 5.74) is 1.98. The Bertz CT molecular complexity index is 619. The van der Waals surface area contributed by atoms with E-state index in [1.165, 1.54) is 0 Å². The van der Waals surface area contributed by atoms with E-state index in [1.54, 1.807) is 0 Å². The minimum Gasteiger partial charge on any atom is -0.465 e. The lowest BCUT2D eigenvalue weighted by atomic mass is 10.1. The molecule has 0 aliphatic heterocycles. The number of rotatable bonds is 7. The van der Waals surface area contributed by atoms with Crippen LogP contribution in [-0.2, 0) is 17.9 Å². The van der Waals surface area contributed by atoms with Crippen LogP contribution in [0, 0.1) is 12.8 Å². The van der Waals surface area contributed by atoms with Gasteiger partial charge in [0.15, 0.2) is 0 Å². The van der Waals surface area contributed by atoms with Crippen LogP contribution >= 0.6 is 0 Å². The molecule has 2 aromatic rings. The molecule has 0 aliphatic carbocycles. The predicted octanol–water partition coefficient (Wildman–Crippen LogP) is 3.86. The van der Waals surface area contributed by atoms with Crippen LogP contribution in [0.5, 0.6) is 0 Å². The maximum Gasteiger partial charge on any atom is 0.227 e. The molecular formula is C18H24N2O2. The van der Waals surface area contributed by atoms with Crippen molar-refractivity contribution in [2.45, 2.75) is 40.3 Å². The number of benzene rings is 1. The summed E-state index contributed by atoms with van der Waals surface area (Å²) in [7, 11) is 0. The molecule has 0 fully saturated rings. The Morgan fingerprint density at radius 3 is 2.73 bits per heavy atom. The van der Waals surface area contributed by atoms with Gasteiger partial charge in [-0.05, 0) is 43.2 Å². The maximum atomic E-state index is 11.9. The Balaban J connectivity index is 1.87. The Morgan fingerprint density at radius 1 is 1.23 bits per heavy atom. The zero-order chi connectivity index (χ0) is 15.9. The first-order valence-electron chi connectivity index (χ1n) is 7.74. The molecule has 22 heavy (non-hydrogen) atoms. The van der Waals surface area contributed by atoms with Crippen LogP contribution in [0.4, 0.5) is 5.69 Å². The van der Waals surface area contributed by atoms with E-state index in [0.717, 1.165) is 35.7 Å². The number of nitrogens with one attached hydrogen (secondary N) is 2. The Hall–Kier alpha value is -2.07. The number of aryl methyl sites for hydroxylation is 1. The number of amides is 1. The summed E-state index contributed by atoms with van der Waals surface area (Å²) in [5, 5.41) is 6.30. The van der Waals surface area contributed by atoms with Crippen LogP contribution in [0.15, 0.2) is 40.8 Å². The Morgan fingerprint density at radius 2 is 2.05 bits per heavy atom. The molecule has 0 saturated carbocycles. The molecule has 1 amide bonds. The highest BCUT2D eigenvalue weighted by Gasteiger charge is 2.10. The standard InChI is InChI=1S/C18H24N2O2/c1-4-13(2)18(21)20-16-7-5-6-15(10-16)11-19-12-17-9-8-14(3)22-17/h5-10,13,19H,4,11-12H2,1-3H3,(H,20,21). The van der Waals surface area contributed by atoms with Crippen molar-refractivity contribution in [1.29, 1.82) is 0 Å². The maximum absolute atomic E-state index is 11.9. The first kappa shape index (κ1) is 16.3. The molecule has 0 saturated heterocycles. The van der Waals surface area contributed by atoms with E-state index in [2.05, 4.69) is 10.6 Å². The highest BCUT2D eigenvalue weighted by atomic mass is 16.3. The molecule has 4 heteroatoms. The third-order valence-electron chi connectivity index (χ3n) is 3.68. The van der Waals surface area contributed by atoms with E-state index in [9.17, 15) is 4.79 Å². The summed E-state index contributed by atoms with van der Waals surface area (Å²) in [6.07, 6.45) is 0.843. The van der Waals surface area contributed by atoms with Crippen LogP contribution in [0.3, 0.4) is 0 Å². The van der Waals surface area contributed by atoms with Gasteiger partial charge in [-0.1, -0.05) is 26.0 Å². The highest BCUT2D eigenvalue weighted by Crippen LogP contribution is 2.13. The molecule has 4 nitrogen and oxygen atoms in total. The fraction of sp³-hybridized carbons (Fsp3) is 0.389. The van der Waals surface area contributed by atoms with Crippen molar-refractivity contribution in [2.24, 2.45) is 5.92 Å². The summed E-state index contributed by atoms with van der Waals surface area (Å²) in [4.78, 5) is 11.9. The average Bonchev–Trinajstić information content (AvgIpc) is 2.92. The van der Waals surface area contributed by atoms with Crippen LogP contribution in [0.25, 0.3) is 0 Å². The number of furan rings is 1. The fourth-order valence-corrected chi connectivity index (χ4v) is 2.12. The molecule has 0 bridgehead atoms. The number of hydrogen-bond donors (Lipinski definition) is 2. The zero-order valence-corrected chi connectivity index (χ0v) is 13.5. The lowest BCUT2D eigenvalue weighted by Crippen LogP contribution is -2.20. The van der Waals surface area contributed by atoms with Gasteiger partial charge < -0.3 is 15.1 Å². The van der Waals surface area contributed by atoms with Crippen molar-refractivity contribution < 1.29 is 9.21 Å². The molecule has 0 spiro atoms. The van der Waals surface area contributed by atoms with Crippen LogP contribution in [0.1, 0.15) is 37.4 Å². The van der Waals surface area contributed by atoms with E-state index in [4.69, 9.17) is 4.42 Å². The van der Waals surface area contributed by atoms with Crippen molar-refractivity contribution in [1.82, 2.24) is 5.32 Å². The van der Waals surface area contributed by atoms with Gasteiger partial charge in [-0.15, -0.1) is 0 Å². The van der Waals surface area contributed by atoms with Gasteiger partial charge in [-0.3, -0.25) is 4.79 Å². The van der Waals surface area contributed by atoms with E-state index in [1.807, 2.05) is 57.2 Å². The van der Waals surface area contributed by atoms with Gasteiger partial charge in [0.05, 0.1) is 6.54 Å². The second-order valence-corrected chi connectivity index (χ2v) is 5.61. The van der Waals surface area contributed by atoms with Crippen LogP contribution < -0.4 is 10.6 Å². The minimum absolute atomic E-state index is 0.0315. The van der Waals surface area contributed by atoms with Crippen molar-refractivity contribution in [3.05, 3.63) is 53.5 Å². The summed E-state index contributed by atoms with van der Waals surface area (Å²) >= 11 is 0. The molecule has 1 aromatic carbocycles. The SMILES string of the molecule is CCC(C)C(=O)Nc1cccc(CNCc2ccc(C)o2)c1. The normalized spacial score (nSPS) is 12.1. The summed E-state index contributed by atoms with van der Waals surface area (Å²) < 4.78 is 5.52. The molecule has 118 valence electrons. The van der Waals surface area contributed by atoms with E-state index in [0.29, 0.717) is 6.54 Å². The molecule has 1 heterocycles. The van der Waals surface area contributed by atoms with Gasteiger partial charge in [-0.2, -0.15) is 0 Å². The highest BCUT2D eigenvalue weighted by molar-refractivity contribution is 5.92. The predicted molar refractivity (Wildman–Crippen MR) is 88.5 cm³/mol. The molecule has 1 atom stereocenters. The molecule has 2 N–H and O–H groups in total. The lowest BCUT2D eigenvalue weighted by Gasteiger charge is -2.11.